The Morgan fingerprint density at radius 3 is 2.62 bits per heavy atom. The van der Waals surface area contributed by atoms with E-state index in [-0.39, 0.29) is 24.5 Å². The minimum absolute atomic E-state index is 0.0203. The summed E-state index contributed by atoms with van der Waals surface area (Å²) in [7, 11) is 0. The zero-order valence-corrected chi connectivity index (χ0v) is 11.4. The molecule has 2 bridgehead atoms. The summed E-state index contributed by atoms with van der Waals surface area (Å²) in [5.41, 5.74) is 0.898. The molecule has 110 valence electrons. The van der Waals surface area contributed by atoms with Crippen molar-refractivity contribution in [2.75, 3.05) is 0 Å². The molecule has 21 heavy (non-hydrogen) atoms. The Kier molecular flexibility index (Phi) is 3.64. The highest BCUT2D eigenvalue weighted by Gasteiger charge is 2.49. The number of carbonyl (C=O) groups is 2. The van der Waals surface area contributed by atoms with Crippen LogP contribution in [-0.4, -0.2) is 23.2 Å². The fourth-order valence-electron chi connectivity index (χ4n) is 3.26. The number of carboxylic acids is 1. The van der Waals surface area contributed by atoms with Crippen LogP contribution in [0.3, 0.4) is 0 Å². The van der Waals surface area contributed by atoms with Gasteiger partial charge in [0.1, 0.15) is 6.61 Å². The van der Waals surface area contributed by atoms with Crippen LogP contribution in [0.2, 0.25) is 0 Å². The molecule has 0 radical (unpaired) electrons. The van der Waals surface area contributed by atoms with Crippen molar-refractivity contribution < 1.29 is 19.4 Å². The highest BCUT2D eigenvalue weighted by Crippen LogP contribution is 2.43. The molecule has 1 saturated carbocycles. The Balaban J connectivity index is 1.57. The van der Waals surface area contributed by atoms with Gasteiger partial charge in [0.2, 0.25) is 0 Å². The Morgan fingerprint density at radius 2 is 1.90 bits per heavy atom. The SMILES string of the molecule is O=C(N[C@H]1[C@@H](C(=O)O)[C@@H]2C=C[C@H]1C2)OCc1ccccc1. The van der Waals surface area contributed by atoms with Gasteiger partial charge >= 0.3 is 12.1 Å². The highest BCUT2D eigenvalue weighted by molar-refractivity contribution is 5.75. The molecule has 2 aliphatic rings. The molecule has 0 spiro atoms. The van der Waals surface area contributed by atoms with E-state index in [1.54, 1.807) is 0 Å². The second-order valence-corrected chi connectivity index (χ2v) is 5.54. The van der Waals surface area contributed by atoms with Gasteiger partial charge in [0.25, 0.3) is 0 Å². The third kappa shape index (κ3) is 2.77. The first-order valence-electron chi connectivity index (χ1n) is 7.03. The summed E-state index contributed by atoms with van der Waals surface area (Å²) in [6.45, 7) is 0.182. The maximum atomic E-state index is 11.9. The topological polar surface area (TPSA) is 75.6 Å². The fraction of sp³-hybridized carbons (Fsp3) is 0.375. The van der Waals surface area contributed by atoms with Gasteiger partial charge in [-0.1, -0.05) is 42.5 Å². The number of nitrogens with one attached hydrogen (secondary N) is 1. The van der Waals surface area contributed by atoms with Crippen molar-refractivity contribution in [1.29, 1.82) is 0 Å². The molecule has 5 heteroatoms. The van der Waals surface area contributed by atoms with Crippen molar-refractivity contribution in [1.82, 2.24) is 5.32 Å². The summed E-state index contributed by atoms with van der Waals surface area (Å²) < 4.78 is 5.16. The predicted octanol–water partition coefficient (Wildman–Crippen LogP) is 2.19. The molecule has 0 heterocycles. The summed E-state index contributed by atoms with van der Waals surface area (Å²) in [5, 5.41) is 12.0. The molecule has 3 rings (SSSR count). The number of aliphatic carboxylic acids is 1. The number of benzene rings is 1. The maximum Gasteiger partial charge on any atom is 0.407 e. The first-order chi connectivity index (χ1) is 10.1. The summed E-state index contributed by atoms with van der Waals surface area (Å²) >= 11 is 0. The van der Waals surface area contributed by atoms with E-state index in [2.05, 4.69) is 5.32 Å². The first kappa shape index (κ1) is 13.7. The van der Waals surface area contributed by atoms with Crippen molar-refractivity contribution in [2.24, 2.45) is 17.8 Å². The second-order valence-electron chi connectivity index (χ2n) is 5.54. The number of rotatable bonds is 4. The van der Waals surface area contributed by atoms with Gasteiger partial charge in [-0.3, -0.25) is 4.79 Å². The lowest BCUT2D eigenvalue weighted by Crippen LogP contribution is -2.45. The zero-order chi connectivity index (χ0) is 14.8. The van der Waals surface area contributed by atoms with Crippen molar-refractivity contribution in [3.05, 3.63) is 48.0 Å². The van der Waals surface area contributed by atoms with E-state index < -0.39 is 18.0 Å². The van der Waals surface area contributed by atoms with E-state index in [4.69, 9.17) is 4.74 Å². The van der Waals surface area contributed by atoms with Crippen LogP contribution in [0, 0.1) is 17.8 Å². The molecule has 0 saturated heterocycles. The molecule has 2 N–H and O–H groups in total. The number of carboxylic acid groups (broad SMARTS) is 1. The van der Waals surface area contributed by atoms with Crippen molar-refractivity contribution >= 4 is 12.1 Å². The van der Waals surface area contributed by atoms with Crippen LogP contribution in [0.25, 0.3) is 0 Å². The summed E-state index contributed by atoms with van der Waals surface area (Å²) in [4.78, 5) is 23.2. The van der Waals surface area contributed by atoms with Crippen LogP contribution in [-0.2, 0) is 16.1 Å². The van der Waals surface area contributed by atoms with Gasteiger partial charge in [-0.2, -0.15) is 0 Å². The highest BCUT2D eigenvalue weighted by atomic mass is 16.5. The van der Waals surface area contributed by atoms with E-state index in [1.165, 1.54) is 0 Å². The number of ether oxygens (including phenoxy) is 1. The average molecular weight is 287 g/mol. The van der Waals surface area contributed by atoms with E-state index in [1.807, 2.05) is 42.5 Å². The number of fused-ring (bicyclic) bond motifs is 2. The van der Waals surface area contributed by atoms with Gasteiger partial charge in [-0.15, -0.1) is 0 Å². The Bertz CT molecular complexity index is 569. The molecule has 0 aliphatic heterocycles. The summed E-state index contributed by atoms with van der Waals surface area (Å²) in [5.74, 6) is -1.29. The number of hydrogen-bond donors (Lipinski definition) is 2. The van der Waals surface area contributed by atoms with Gasteiger partial charge in [-0.05, 0) is 23.8 Å². The number of carbonyl (C=O) groups excluding carboxylic acids is 1. The first-order valence-corrected chi connectivity index (χ1v) is 7.03. The third-order valence-electron chi connectivity index (χ3n) is 4.24. The molecule has 0 unspecified atom stereocenters. The van der Waals surface area contributed by atoms with Gasteiger partial charge in [-0.25, -0.2) is 4.79 Å². The van der Waals surface area contributed by atoms with E-state index in [9.17, 15) is 14.7 Å². The lowest BCUT2D eigenvalue weighted by atomic mass is 9.89. The Morgan fingerprint density at radius 1 is 1.19 bits per heavy atom. The van der Waals surface area contributed by atoms with Crippen molar-refractivity contribution in [3.63, 3.8) is 0 Å². The van der Waals surface area contributed by atoms with Crippen LogP contribution in [0.5, 0.6) is 0 Å². The molecular weight excluding hydrogens is 270 g/mol. The predicted molar refractivity (Wildman–Crippen MR) is 75.4 cm³/mol. The summed E-state index contributed by atoms with van der Waals surface area (Å²) in [6.07, 6.45) is 4.17. The van der Waals surface area contributed by atoms with E-state index in [0.29, 0.717) is 0 Å². The summed E-state index contributed by atoms with van der Waals surface area (Å²) in [6, 6.07) is 9.00. The number of amides is 1. The molecule has 4 atom stereocenters. The van der Waals surface area contributed by atoms with Crippen LogP contribution >= 0.6 is 0 Å². The second kappa shape index (κ2) is 5.60. The molecule has 1 aromatic rings. The average Bonchev–Trinajstić information content (AvgIpc) is 3.07. The van der Waals surface area contributed by atoms with Crippen LogP contribution in [0.4, 0.5) is 4.79 Å². The van der Waals surface area contributed by atoms with Gasteiger partial charge in [0, 0.05) is 0 Å². The fourth-order valence-corrected chi connectivity index (χ4v) is 3.26. The normalized spacial score (nSPS) is 29.3. The minimum atomic E-state index is -0.861. The third-order valence-corrected chi connectivity index (χ3v) is 4.24. The molecular formula is C16H17NO4. The minimum Gasteiger partial charge on any atom is -0.481 e. The lowest BCUT2D eigenvalue weighted by molar-refractivity contribution is -0.143. The van der Waals surface area contributed by atoms with Gasteiger partial charge < -0.3 is 15.2 Å². The molecule has 5 nitrogen and oxygen atoms in total. The van der Waals surface area contributed by atoms with Crippen molar-refractivity contribution in [2.45, 2.75) is 19.1 Å². The quantitative estimate of drug-likeness (QED) is 0.832. The monoisotopic (exact) mass is 287 g/mol. The number of hydrogen-bond acceptors (Lipinski definition) is 3. The standard InChI is InChI=1S/C16H17NO4/c18-15(19)13-11-6-7-12(8-11)14(13)17-16(20)21-9-10-4-2-1-3-5-10/h1-7,11-14H,8-9H2,(H,17,20)(H,18,19)/t11-,12+,13+,14-/m1/s1. The largest absolute Gasteiger partial charge is 0.481 e. The molecule has 1 fully saturated rings. The van der Waals surface area contributed by atoms with E-state index in [0.717, 1.165) is 12.0 Å². The molecule has 2 aliphatic carbocycles. The number of allylic oxidation sites excluding steroid dienone is 1. The van der Waals surface area contributed by atoms with Crippen LogP contribution in [0.1, 0.15) is 12.0 Å². The van der Waals surface area contributed by atoms with Crippen LogP contribution < -0.4 is 5.32 Å². The Hall–Kier alpha value is -2.30. The molecule has 1 aromatic carbocycles. The van der Waals surface area contributed by atoms with E-state index >= 15 is 0 Å². The molecule has 1 amide bonds. The van der Waals surface area contributed by atoms with Crippen molar-refractivity contribution in [3.8, 4) is 0 Å². The Labute approximate surface area is 122 Å². The number of alkyl carbamates (subject to hydrolysis) is 1. The van der Waals surface area contributed by atoms with Crippen LogP contribution in [0.15, 0.2) is 42.5 Å². The smallest absolute Gasteiger partial charge is 0.407 e. The van der Waals surface area contributed by atoms with Gasteiger partial charge in [0.05, 0.1) is 12.0 Å². The van der Waals surface area contributed by atoms with Gasteiger partial charge in [0.15, 0.2) is 0 Å². The zero-order valence-electron chi connectivity index (χ0n) is 11.4. The molecule has 0 aromatic heterocycles. The maximum absolute atomic E-state index is 11.9. The lowest BCUT2D eigenvalue weighted by Gasteiger charge is -2.25.